The highest BCUT2D eigenvalue weighted by Gasteiger charge is 2.37. The second-order valence-corrected chi connectivity index (χ2v) is 4.74. The van der Waals surface area contributed by atoms with Crippen LogP contribution >= 0.6 is 11.5 Å². The first-order valence-electron chi connectivity index (χ1n) is 5.32. The Hall–Kier alpha value is -0.970. The van der Waals surface area contributed by atoms with E-state index in [9.17, 15) is 0 Å². The zero-order chi connectivity index (χ0) is 10.8. The van der Waals surface area contributed by atoms with Gasteiger partial charge in [0.25, 0.3) is 0 Å². The van der Waals surface area contributed by atoms with Gasteiger partial charge in [0.15, 0.2) is 16.6 Å². The van der Waals surface area contributed by atoms with E-state index in [2.05, 4.69) is 16.6 Å². The minimum atomic E-state index is 0.484. The summed E-state index contributed by atoms with van der Waals surface area (Å²) in [5, 5.41) is 4.41. The molecule has 0 spiro atoms. The average molecular weight is 227 g/mol. The van der Waals surface area contributed by atoms with Crippen LogP contribution in [0.25, 0.3) is 0 Å². The fraction of sp³-hybridized carbons (Fsp3) is 0.700. The van der Waals surface area contributed by atoms with Crippen molar-refractivity contribution in [2.75, 3.05) is 18.2 Å². The quantitative estimate of drug-likeness (QED) is 0.810. The molecule has 0 aromatic carbocycles. The summed E-state index contributed by atoms with van der Waals surface area (Å²) in [5.74, 6) is 2.00. The van der Waals surface area contributed by atoms with Gasteiger partial charge in [-0.1, -0.05) is 13.3 Å². The normalized spacial score (nSPS) is 23.9. The van der Waals surface area contributed by atoms with E-state index in [0.29, 0.717) is 17.6 Å². The predicted octanol–water partition coefficient (Wildman–Crippen LogP) is 2.33. The summed E-state index contributed by atoms with van der Waals surface area (Å²) in [6, 6.07) is 0.596. The molecule has 2 rings (SSSR count). The highest BCUT2D eigenvalue weighted by molar-refractivity contribution is 7.11. The van der Waals surface area contributed by atoms with E-state index in [-0.39, 0.29) is 0 Å². The van der Waals surface area contributed by atoms with Crippen molar-refractivity contribution in [2.45, 2.75) is 32.2 Å². The van der Waals surface area contributed by atoms with Gasteiger partial charge >= 0.3 is 0 Å². The number of aromatic nitrogens is 1. The Morgan fingerprint density at radius 2 is 2.47 bits per heavy atom. The van der Waals surface area contributed by atoms with Crippen LogP contribution in [0.1, 0.15) is 26.2 Å². The van der Waals surface area contributed by atoms with Crippen molar-refractivity contribution >= 4 is 22.4 Å². The van der Waals surface area contributed by atoms with Crippen molar-refractivity contribution in [2.24, 2.45) is 5.92 Å². The average Bonchev–Trinajstić information content (AvgIpc) is 2.83. The lowest BCUT2D eigenvalue weighted by molar-refractivity contribution is 0.419. The third kappa shape index (κ3) is 2.17. The van der Waals surface area contributed by atoms with Crippen molar-refractivity contribution in [1.29, 1.82) is 0 Å². The first-order valence-corrected chi connectivity index (χ1v) is 6.09. The lowest BCUT2D eigenvalue weighted by atomic mass is 10.2. The Kier molecular flexibility index (Phi) is 3.00. The number of anilines is 2. The number of methoxy groups -OCH3 is 1. The van der Waals surface area contributed by atoms with Gasteiger partial charge in [-0.2, -0.15) is 4.37 Å². The Morgan fingerprint density at radius 3 is 3.13 bits per heavy atom. The summed E-state index contributed by atoms with van der Waals surface area (Å²) in [6.45, 7) is 2.22. The van der Waals surface area contributed by atoms with Crippen molar-refractivity contribution in [3.63, 3.8) is 0 Å². The number of rotatable bonds is 5. The summed E-state index contributed by atoms with van der Waals surface area (Å²) in [6.07, 6.45) is 3.81. The van der Waals surface area contributed by atoms with E-state index in [1.54, 1.807) is 7.11 Å². The minimum absolute atomic E-state index is 0.484. The number of nitrogens with one attached hydrogen (secondary N) is 1. The van der Waals surface area contributed by atoms with Gasteiger partial charge < -0.3 is 15.8 Å². The van der Waals surface area contributed by atoms with Gasteiger partial charge in [0, 0.05) is 6.04 Å². The summed E-state index contributed by atoms with van der Waals surface area (Å²) in [7, 11) is 1.63. The van der Waals surface area contributed by atoms with Crippen LogP contribution < -0.4 is 15.8 Å². The first-order chi connectivity index (χ1) is 7.26. The molecule has 0 saturated heterocycles. The van der Waals surface area contributed by atoms with Gasteiger partial charge in [-0.05, 0) is 30.3 Å². The summed E-state index contributed by atoms with van der Waals surface area (Å²) in [4.78, 5) is 0. The van der Waals surface area contributed by atoms with E-state index in [4.69, 9.17) is 10.5 Å². The lowest BCUT2D eigenvalue weighted by Gasteiger charge is -2.04. The predicted molar refractivity (Wildman–Crippen MR) is 63.5 cm³/mol. The summed E-state index contributed by atoms with van der Waals surface area (Å²) >= 11 is 1.38. The fourth-order valence-corrected chi connectivity index (χ4v) is 2.61. The summed E-state index contributed by atoms with van der Waals surface area (Å²) < 4.78 is 9.27. The number of nitrogens with zero attached hydrogens (tertiary/aromatic N) is 1. The molecule has 1 aliphatic carbocycles. The van der Waals surface area contributed by atoms with E-state index in [1.165, 1.54) is 30.8 Å². The zero-order valence-corrected chi connectivity index (χ0v) is 9.93. The number of nitrogens with two attached hydrogens (primary N) is 1. The van der Waals surface area contributed by atoms with Crippen LogP contribution in [0.2, 0.25) is 0 Å². The maximum atomic E-state index is 5.68. The lowest BCUT2D eigenvalue weighted by Crippen LogP contribution is -2.04. The standard InChI is InChI=1S/C10H17N3OS/c1-3-4-6-5-7(6)12-10-8(14-2)9(11)13-15-10/h6-7,12H,3-5H2,1-2H3,(H2,11,13). The Balaban J connectivity index is 1.94. The van der Waals surface area contributed by atoms with Crippen molar-refractivity contribution in [3.05, 3.63) is 0 Å². The molecule has 2 atom stereocenters. The molecular weight excluding hydrogens is 210 g/mol. The summed E-state index contributed by atoms with van der Waals surface area (Å²) in [5.41, 5.74) is 5.68. The molecule has 3 N–H and O–H groups in total. The molecule has 15 heavy (non-hydrogen) atoms. The number of hydrogen-bond donors (Lipinski definition) is 2. The van der Waals surface area contributed by atoms with Gasteiger partial charge in [0.05, 0.1) is 7.11 Å². The van der Waals surface area contributed by atoms with Crippen LogP contribution in [-0.2, 0) is 0 Å². The third-order valence-corrected chi connectivity index (χ3v) is 3.55. The smallest absolute Gasteiger partial charge is 0.197 e. The minimum Gasteiger partial charge on any atom is -0.490 e. The van der Waals surface area contributed by atoms with Crippen LogP contribution in [0.3, 0.4) is 0 Å². The maximum Gasteiger partial charge on any atom is 0.197 e. The molecule has 0 bridgehead atoms. The molecule has 2 unspecified atom stereocenters. The fourth-order valence-electron chi connectivity index (χ4n) is 1.87. The molecule has 0 amide bonds. The Labute approximate surface area is 94.0 Å². The van der Waals surface area contributed by atoms with Gasteiger partial charge in [-0.3, -0.25) is 0 Å². The zero-order valence-electron chi connectivity index (χ0n) is 9.12. The molecule has 1 aliphatic rings. The van der Waals surface area contributed by atoms with Crippen molar-refractivity contribution in [1.82, 2.24) is 4.37 Å². The molecule has 5 heteroatoms. The molecule has 0 aliphatic heterocycles. The van der Waals surface area contributed by atoms with E-state index in [0.717, 1.165) is 10.9 Å². The molecule has 4 nitrogen and oxygen atoms in total. The van der Waals surface area contributed by atoms with Crippen molar-refractivity contribution in [3.8, 4) is 5.75 Å². The van der Waals surface area contributed by atoms with Crippen LogP contribution in [-0.4, -0.2) is 17.5 Å². The van der Waals surface area contributed by atoms with Gasteiger partial charge in [-0.25, -0.2) is 0 Å². The molecule has 1 fully saturated rings. The van der Waals surface area contributed by atoms with Crippen LogP contribution in [0.5, 0.6) is 5.75 Å². The van der Waals surface area contributed by atoms with E-state index < -0.39 is 0 Å². The molecule has 1 heterocycles. The topological polar surface area (TPSA) is 60.2 Å². The SMILES string of the molecule is CCCC1CC1Nc1snc(N)c1OC. The van der Waals surface area contributed by atoms with E-state index >= 15 is 0 Å². The Bertz CT molecular complexity index is 339. The molecule has 1 aromatic rings. The molecule has 0 radical (unpaired) electrons. The monoisotopic (exact) mass is 227 g/mol. The van der Waals surface area contributed by atoms with Crippen molar-refractivity contribution < 1.29 is 4.74 Å². The molecule has 1 aromatic heterocycles. The second-order valence-electron chi connectivity index (χ2n) is 3.97. The van der Waals surface area contributed by atoms with Crippen LogP contribution in [0, 0.1) is 5.92 Å². The number of hydrogen-bond acceptors (Lipinski definition) is 5. The largest absolute Gasteiger partial charge is 0.490 e. The van der Waals surface area contributed by atoms with Gasteiger partial charge in [0.2, 0.25) is 0 Å². The van der Waals surface area contributed by atoms with Crippen LogP contribution in [0.4, 0.5) is 10.8 Å². The highest BCUT2D eigenvalue weighted by Crippen LogP contribution is 2.42. The maximum absolute atomic E-state index is 5.68. The molecular formula is C10H17N3OS. The van der Waals surface area contributed by atoms with E-state index in [1.807, 2.05) is 0 Å². The van der Waals surface area contributed by atoms with Gasteiger partial charge in [-0.15, -0.1) is 0 Å². The van der Waals surface area contributed by atoms with Gasteiger partial charge in [0.1, 0.15) is 0 Å². The second kappa shape index (κ2) is 4.26. The third-order valence-electron chi connectivity index (χ3n) is 2.78. The number of nitrogen functional groups attached to an aromatic ring is 1. The number of ether oxygens (including phenoxy) is 1. The molecule has 84 valence electrons. The first kappa shape index (κ1) is 10.5. The Morgan fingerprint density at radius 1 is 1.67 bits per heavy atom. The molecule has 1 saturated carbocycles. The van der Waals surface area contributed by atoms with Crippen LogP contribution in [0.15, 0.2) is 0 Å². The highest BCUT2D eigenvalue weighted by atomic mass is 32.1.